The molecule has 2 nitrogen and oxygen atoms in total. The van der Waals surface area contributed by atoms with Crippen LogP contribution in [0.5, 0.6) is 0 Å². The molecule has 2 fully saturated rings. The molecule has 3 rings (SSSR count). The monoisotopic (exact) mass is 299 g/mol. The number of nitrogens with zero attached hydrogens (tertiary/aromatic N) is 1. The van der Waals surface area contributed by atoms with Gasteiger partial charge in [0.15, 0.2) is 0 Å². The summed E-state index contributed by atoms with van der Waals surface area (Å²) in [7, 11) is 0. The van der Waals surface area contributed by atoms with E-state index in [1.807, 2.05) is 0 Å². The van der Waals surface area contributed by atoms with Gasteiger partial charge >= 0.3 is 0 Å². The largest absolute Gasteiger partial charge is 0.332 e. The van der Waals surface area contributed by atoms with E-state index < -0.39 is 23.1 Å². The third-order valence-corrected chi connectivity index (χ3v) is 4.76. The van der Waals surface area contributed by atoms with Crippen molar-refractivity contribution in [3.63, 3.8) is 0 Å². The number of fused-ring (bicyclic) bond motifs is 2. The van der Waals surface area contributed by atoms with Crippen molar-refractivity contribution in [2.45, 2.75) is 50.1 Å². The first kappa shape index (κ1) is 13.8. The fraction of sp³-hybridized carbons (Fsp3) is 0.533. The fourth-order valence-corrected chi connectivity index (χ4v) is 3.84. The van der Waals surface area contributed by atoms with E-state index in [1.165, 1.54) is 13.0 Å². The molecule has 2 saturated heterocycles. The molecule has 2 aliphatic heterocycles. The maximum absolute atomic E-state index is 14.1. The summed E-state index contributed by atoms with van der Waals surface area (Å²) in [4.78, 5) is 14.2. The van der Waals surface area contributed by atoms with Gasteiger partial charge in [-0.15, -0.1) is 11.6 Å². The van der Waals surface area contributed by atoms with Gasteiger partial charge in [-0.25, -0.2) is 8.78 Å². The first-order valence-electron chi connectivity index (χ1n) is 6.90. The smallest absolute Gasteiger partial charge is 0.260 e. The number of piperidine rings is 1. The van der Waals surface area contributed by atoms with Gasteiger partial charge in [-0.3, -0.25) is 4.79 Å². The van der Waals surface area contributed by atoms with Crippen molar-refractivity contribution in [2.75, 3.05) is 0 Å². The van der Waals surface area contributed by atoms with Crippen molar-refractivity contribution in [2.24, 2.45) is 0 Å². The van der Waals surface area contributed by atoms with Crippen LogP contribution in [0.4, 0.5) is 8.78 Å². The molecule has 0 radical (unpaired) electrons. The van der Waals surface area contributed by atoms with E-state index >= 15 is 0 Å². The predicted octanol–water partition coefficient (Wildman–Crippen LogP) is 3.65. The van der Waals surface area contributed by atoms with Gasteiger partial charge < -0.3 is 4.90 Å². The van der Waals surface area contributed by atoms with Gasteiger partial charge in [0, 0.05) is 17.5 Å². The zero-order valence-corrected chi connectivity index (χ0v) is 12.0. The highest BCUT2D eigenvalue weighted by Gasteiger charge is 2.44. The van der Waals surface area contributed by atoms with Crippen molar-refractivity contribution in [1.29, 1.82) is 0 Å². The molecule has 0 aliphatic carbocycles. The van der Waals surface area contributed by atoms with E-state index in [-0.39, 0.29) is 23.0 Å². The summed E-state index contributed by atoms with van der Waals surface area (Å²) in [5, 5.41) is 0.0590. The lowest BCUT2D eigenvalue weighted by Crippen LogP contribution is -2.47. The minimum absolute atomic E-state index is 0.0167. The molecule has 1 aromatic rings. The Balaban J connectivity index is 1.96. The lowest BCUT2D eigenvalue weighted by Gasteiger charge is -2.37. The van der Waals surface area contributed by atoms with Gasteiger partial charge in [-0.1, -0.05) is 6.07 Å². The number of benzene rings is 1. The Morgan fingerprint density at radius 2 is 1.85 bits per heavy atom. The second-order valence-electron chi connectivity index (χ2n) is 5.72. The normalized spacial score (nSPS) is 28.8. The number of aryl methyl sites for hydroxylation is 1. The molecule has 2 atom stereocenters. The average molecular weight is 300 g/mol. The number of hydrogen-bond acceptors (Lipinski definition) is 1. The molecule has 0 N–H and O–H groups in total. The Morgan fingerprint density at radius 3 is 2.45 bits per heavy atom. The quantitative estimate of drug-likeness (QED) is 0.725. The number of alkyl halides is 1. The Hall–Kier alpha value is -1.16. The molecule has 2 unspecified atom stereocenters. The maximum atomic E-state index is 14.1. The van der Waals surface area contributed by atoms with Crippen molar-refractivity contribution < 1.29 is 13.6 Å². The Bertz CT molecular complexity index is 549. The highest BCUT2D eigenvalue weighted by atomic mass is 35.5. The van der Waals surface area contributed by atoms with Gasteiger partial charge in [0.25, 0.3) is 5.91 Å². The molecule has 0 spiro atoms. The molecule has 5 heteroatoms. The standard InChI is InChI=1S/C15H16ClF2NO/c1-8-2-5-12(17)13(14(8)18)15(20)19-10-3-4-11(19)7-9(16)6-10/h2,5,9-11H,3-4,6-7H2,1H3. The summed E-state index contributed by atoms with van der Waals surface area (Å²) in [6, 6.07) is 2.54. The molecule has 2 bridgehead atoms. The van der Waals surface area contributed by atoms with Gasteiger partial charge in [-0.2, -0.15) is 0 Å². The topological polar surface area (TPSA) is 20.3 Å². The molecular formula is C15H16ClF2NO. The molecule has 0 saturated carbocycles. The van der Waals surface area contributed by atoms with Crippen molar-refractivity contribution >= 4 is 17.5 Å². The summed E-state index contributed by atoms with van der Waals surface area (Å²) in [5.41, 5.74) is -0.135. The van der Waals surface area contributed by atoms with Crippen LogP contribution in [-0.2, 0) is 0 Å². The molecule has 108 valence electrons. The highest BCUT2D eigenvalue weighted by Crippen LogP contribution is 2.39. The van der Waals surface area contributed by atoms with E-state index in [0.29, 0.717) is 12.8 Å². The fourth-order valence-electron chi connectivity index (χ4n) is 3.42. The number of halogens is 3. The third kappa shape index (κ3) is 2.10. The number of amides is 1. The zero-order chi connectivity index (χ0) is 14.4. The summed E-state index contributed by atoms with van der Waals surface area (Å²) in [6.07, 6.45) is 3.15. The van der Waals surface area contributed by atoms with Crippen LogP contribution in [0.25, 0.3) is 0 Å². The van der Waals surface area contributed by atoms with Crippen LogP contribution < -0.4 is 0 Å². The molecular weight excluding hydrogens is 284 g/mol. The van der Waals surface area contributed by atoms with Crippen LogP contribution in [0.3, 0.4) is 0 Å². The lowest BCUT2D eigenvalue weighted by atomic mass is 10.00. The van der Waals surface area contributed by atoms with Crippen LogP contribution in [0.15, 0.2) is 12.1 Å². The van der Waals surface area contributed by atoms with Crippen LogP contribution in [0.2, 0.25) is 0 Å². The van der Waals surface area contributed by atoms with E-state index in [1.54, 1.807) is 4.90 Å². The van der Waals surface area contributed by atoms with E-state index in [4.69, 9.17) is 11.6 Å². The van der Waals surface area contributed by atoms with Gasteiger partial charge in [-0.05, 0) is 44.2 Å². The van der Waals surface area contributed by atoms with E-state index in [0.717, 1.165) is 18.9 Å². The summed E-state index contributed by atoms with van der Waals surface area (Å²) in [6.45, 7) is 1.53. The minimum atomic E-state index is -0.787. The van der Waals surface area contributed by atoms with Crippen LogP contribution in [-0.4, -0.2) is 28.3 Å². The highest BCUT2D eigenvalue weighted by molar-refractivity contribution is 6.20. The van der Waals surface area contributed by atoms with Crippen molar-refractivity contribution in [3.05, 3.63) is 34.9 Å². The minimum Gasteiger partial charge on any atom is -0.332 e. The predicted molar refractivity (Wildman–Crippen MR) is 72.9 cm³/mol. The number of rotatable bonds is 1. The number of carbonyl (C=O) groups is 1. The second kappa shape index (κ2) is 4.99. The number of hydrogen-bond donors (Lipinski definition) is 0. The SMILES string of the molecule is Cc1ccc(F)c(C(=O)N2C3CCC2CC(Cl)C3)c1F. The molecule has 2 heterocycles. The van der Waals surface area contributed by atoms with Crippen LogP contribution >= 0.6 is 11.6 Å². The first-order valence-corrected chi connectivity index (χ1v) is 7.34. The summed E-state index contributed by atoms with van der Waals surface area (Å²) in [5.74, 6) is -2.06. The number of carbonyl (C=O) groups excluding carboxylic acids is 1. The third-order valence-electron chi connectivity index (χ3n) is 4.41. The van der Waals surface area contributed by atoms with Crippen LogP contribution in [0, 0.1) is 18.6 Å². The Kier molecular flexibility index (Phi) is 3.44. The average Bonchev–Trinajstić information content (AvgIpc) is 2.67. The Labute approximate surface area is 121 Å². The van der Waals surface area contributed by atoms with E-state index in [9.17, 15) is 13.6 Å². The molecule has 1 amide bonds. The summed E-state index contributed by atoms with van der Waals surface area (Å²) < 4.78 is 28.0. The molecule has 20 heavy (non-hydrogen) atoms. The van der Waals surface area contributed by atoms with Gasteiger partial charge in [0.2, 0.25) is 0 Å². The second-order valence-corrected chi connectivity index (χ2v) is 6.34. The lowest BCUT2D eigenvalue weighted by molar-refractivity contribution is 0.0589. The summed E-state index contributed by atoms with van der Waals surface area (Å²) >= 11 is 6.16. The Morgan fingerprint density at radius 1 is 1.25 bits per heavy atom. The van der Waals surface area contributed by atoms with Crippen molar-refractivity contribution in [1.82, 2.24) is 4.90 Å². The van der Waals surface area contributed by atoms with Gasteiger partial charge in [0.1, 0.15) is 17.2 Å². The molecule has 2 aliphatic rings. The van der Waals surface area contributed by atoms with Crippen molar-refractivity contribution in [3.8, 4) is 0 Å². The zero-order valence-electron chi connectivity index (χ0n) is 11.2. The van der Waals surface area contributed by atoms with Gasteiger partial charge in [0.05, 0.1) is 0 Å². The van der Waals surface area contributed by atoms with E-state index in [2.05, 4.69) is 0 Å². The maximum Gasteiger partial charge on any atom is 0.260 e. The molecule has 1 aromatic carbocycles. The first-order chi connectivity index (χ1) is 9.49. The van der Waals surface area contributed by atoms with Crippen LogP contribution in [0.1, 0.15) is 41.6 Å². The molecule has 0 aromatic heterocycles.